The van der Waals surface area contributed by atoms with Crippen LogP contribution in [0.15, 0.2) is 36.2 Å². The van der Waals surface area contributed by atoms with Crippen molar-refractivity contribution in [3.8, 4) is 17.0 Å². The lowest BCUT2D eigenvalue weighted by Crippen LogP contribution is -2.14. The fourth-order valence-electron chi connectivity index (χ4n) is 2.04. The van der Waals surface area contributed by atoms with Gasteiger partial charge in [0.15, 0.2) is 16.7 Å². The van der Waals surface area contributed by atoms with Crippen molar-refractivity contribution in [2.75, 3.05) is 12.4 Å². The maximum Gasteiger partial charge on any atom is 0.228 e. The zero-order chi connectivity index (χ0) is 16.9. The minimum absolute atomic E-state index is 0.174. The average Bonchev–Trinajstić information content (AvgIpc) is 3.24. The highest BCUT2D eigenvalue weighted by Gasteiger charge is 2.10. The van der Waals surface area contributed by atoms with Crippen LogP contribution in [-0.4, -0.2) is 32.8 Å². The van der Waals surface area contributed by atoms with E-state index in [-0.39, 0.29) is 18.1 Å². The Morgan fingerprint density at radius 2 is 2.33 bits per heavy atom. The summed E-state index contributed by atoms with van der Waals surface area (Å²) in [6, 6.07) is 4.61. The molecular formula is C15H14FN5O2S. The number of nitrogens with one attached hydrogen (secondary N) is 1. The van der Waals surface area contributed by atoms with Crippen molar-refractivity contribution in [2.45, 2.75) is 13.0 Å². The highest BCUT2D eigenvalue weighted by molar-refractivity contribution is 7.14. The number of amides is 1. The van der Waals surface area contributed by atoms with Crippen LogP contribution in [-0.2, 0) is 11.3 Å². The molecule has 7 nitrogen and oxygen atoms in total. The fourth-order valence-corrected chi connectivity index (χ4v) is 2.77. The molecule has 0 aliphatic rings. The Kier molecular flexibility index (Phi) is 4.80. The largest absolute Gasteiger partial charge is 0.494 e. The van der Waals surface area contributed by atoms with E-state index in [0.717, 1.165) is 0 Å². The Morgan fingerprint density at radius 1 is 1.46 bits per heavy atom. The number of carbonyl (C=O) groups excluding carboxylic acids is 1. The molecule has 0 spiro atoms. The van der Waals surface area contributed by atoms with Crippen molar-refractivity contribution in [1.29, 1.82) is 0 Å². The van der Waals surface area contributed by atoms with Crippen LogP contribution >= 0.6 is 11.3 Å². The van der Waals surface area contributed by atoms with Gasteiger partial charge in [-0.05, 0) is 18.2 Å². The molecule has 1 aromatic carbocycles. The number of nitrogens with zero attached hydrogens (tertiary/aromatic N) is 4. The number of aromatic nitrogens is 4. The summed E-state index contributed by atoms with van der Waals surface area (Å²) in [5.74, 6) is -0.454. The first-order valence-corrected chi connectivity index (χ1v) is 7.95. The number of benzene rings is 1. The molecular weight excluding hydrogens is 333 g/mol. The summed E-state index contributed by atoms with van der Waals surface area (Å²) in [5.41, 5.74) is 1.21. The lowest BCUT2D eigenvalue weighted by Gasteiger charge is -2.03. The third-order valence-electron chi connectivity index (χ3n) is 3.23. The van der Waals surface area contributed by atoms with E-state index in [1.54, 1.807) is 28.5 Å². The summed E-state index contributed by atoms with van der Waals surface area (Å²) in [7, 11) is 1.41. The molecule has 0 fully saturated rings. The second kappa shape index (κ2) is 7.18. The fraction of sp³-hybridized carbons (Fsp3) is 0.200. The zero-order valence-corrected chi connectivity index (χ0v) is 13.6. The van der Waals surface area contributed by atoms with Crippen LogP contribution in [0.1, 0.15) is 6.42 Å². The summed E-state index contributed by atoms with van der Waals surface area (Å²) in [6.45, 7) is 0.438. The Balaban J connectivity index is 1.62. The van der Waals surface area contributed by atoms with E-state index >= 15 is 0 Å². The van der Waals surface area contributed by atoms with Gasteiger partial charge in [-0.15, -0.1) is 11.3 Å². The smallest absolute Gasteiger partial charge is 0.228 e. The summed E-state index contributed by atoms with van der Waals surface area (Å²) in [4.78, 5) is 20.0. The highest BCUT2D eigenvalue weighted by Crippen LogP contribution is 2.28. The lowest BCUT2D eigenvalue weighted by atomic mass is 10.1. The van der Waals surface area contributed by atoms with Gasteiger partial charge in [-0.3, -0.25) is 9.48 Å². The second-order valence-electron chi connectivity index (χ2n) is 4.84. The molecule has 24 heavy (non-hydrogen) atoms. The van der Waals surface area contributed by atoms with Gasteiger partial charge in [0.05, 0.1) is 19.3 Å². The number of thiazole rings is 1. The number of aryl methyl sites for hydroxylation is 1. The standard InChI is InChI=1S/C15H14FN5O2S/c1-23-13-3-2-10(6-11(13)16)12-7-24-15(19-12)20-14(22)4-5-21-9-17-8-18-21/h2-3,6-9H,4-5H2,1H3,(H,19,20,22). The van der Waals surface area contributed by atoms with Crippen LogP contribution in [0.5, 0.6) is 5.75 Å². The Bertz CT molecular complexity index is 834. The first-order valence-electron chi connectivity index (χ1n) is 7.07. The predicted molar refractivity (Wildman–Crippen MR) is 87.3 cm³/mol. The molecule has 9 heteroatoms. The topological polar surface area (TPSA) is 81.9 Å². The van der Waals surface area contributed by atoms with Gasteiger partial charge in [-0.2, -0.15) is 5.10 Å². The SMILES string of the molecule is COc1ccc(-c2csc(NC(=O)CCn3cncn3)n2)cc1F. The van der Waals surface area contributed by atoms with Crippen LogP contribution in [0.2, 0.25) is 0 Å². The highest BCUT2D eigenvalue weighted by atomic mass is 32.1. The number of hydrogen-bond acceptors (Lipinski definition) is 6. The van der Waals surface area contributed by atoms with Crippen molar-refractivity contribution < 1.29 is 13.9 Å². The minimum atomic E-state index is -0.457. The maximum absolute atomic E-state index is 13.8. The number of rotatable bonds is 6. The van der Waals surface area contributed by atoms with Gasteiger partial charge < -0.3 is 10.1 Å². The van der Waals surface area contributed by atoms with Crippen LogP contribution in [0.4, 0.5) is 9.52 Å². The number of carbonyl (C=O) groups is 1. The molecule has 1 N–H and O–H groups in total. The molecule has 0 aliphatic heterocycles. The van der Waals surface area contributed by atoms with Gasteiger partial charge in [-0.25, -0.2) is 14.4 Å². The van der Waals surface area contributed by atoms with Gasteiger partial charge in [-0.1, -0.05) is 0 Å². The van der Waals surface area contributed by atoms with Crippen LogP contribution in [0.25, 0.3) is 11.3 Å². The summed E-state index contributed by atoms with van der Waals surface area (Å²) in [5, 5.41) is 8.87. The summed E-state index contributed by atoms with van der Waals surface area (Å²) < 4.78 is 20.2. The van der Waals surface area contributed by atoms with Crippen LogP contribution < -0.4 is 10.1 Å². The van der Waals surface area contributed by atoms with Gasteiger partial charge in [0.25, 0.3) is 0 Å². The van der Waals surface area contributed by atoms with Gasteiger partial charge in [0, 0.05) is 17.4 Å². The lowest BCUT2D eigenvalue weighted by molar-refractivity contribution is -0.116. The quantitative estimate of drug-likeness (QED) is 0.741. The van der Waals surface area contributed by atoms with E-state index in [4.69, 9.17) is 4.74 Å². The molecule has 1 amide bonds. The molecule has 2 aromatic heterocycles. The number of methoxy groups -OCH3 is 1. The third-order valence-corrected chi connectivity index (χ3v) is 3.99. The average molecular weight is 347 g/mol. The van der Waals surface area contributed by atoms with Gasteiger partial charge >= 0.3 is 0 Å². The zero-order valence-electron chi connectivity index (χ0n) is 12.8. The van der Waals surface area contributed by atoms with E-state index in [0.29, 0.717) is 22.9 Å². The minimum Gasteiger partial charge on any atom is -0.494 e. The second-order valence-corrected chi connectivity index (χ2v) is 5.70. The molecule has 3 aromatic rings. The van der Waals surface area contributed by atoms with Crippen molar-refractivity contribution in [3.63, 3.8) is 0 Å². The van der Waals surface area contributed by atoms with Gasteiger partial charge in [0.2, 0.25) is 5.91 Å². The molecule has 0 unspecified atom stereocenters. The molecule has 0 atom stereocenters. The first kappa shape index (κ1) is 16.1. The Labute approximate surface area is 141 Å². The van der Waals surface area contributed by atoms with E-state index in [2.05, 4.69) is 20.4 Å². The predicted octanol–water partition coefficient (Wildman–Crippen LogP) is 2.58. The first-order chi connectivity index (χ1) is 11.7. The maximum atomic E-state index is 13.8. The van der Waals surface area contributed by atoms with Crippen LogP contribution in [0, 0.1) is 5.82 Å². The normalized spacial score (nSPS) is 10.6. The van der Waals surface area contributed by atoms with E-state index < -0.39 is 5.82 Å². The molecule has 0 radical (unpaired) electrons. The van der Waals surface area contributed by atoms with Crippen molar-refractivity contribution in [2.24, 2.45) is 0 Å². The molecule has 0 aliphatic carbocycles. The third kappa shape index (κ3) is 3.74. The number of anilines is 1. The summed E-state index contributed by atoms with van der Waals surface area (Å²) in [6.07, 6.45) is 3.22. The molecule has 3 rings (SSSR count). The van der Waals surface area contributed by atoms with E-state index in [9.17, 15) is 9.18 Å². The van der Waals surface area contributed by atoms with Crippen LogP contribution in [0.3, 0.4) is 0 Å². The van der Waals surface area contributed by atoms with E-state index in [1.165, 1.54) is 30.8 Å². The summed E-state index contributed by atoms with van der Waals surface area (Å²) >= 11 is 1.28. The number of halogens is 1. The molecule has 0 bridgehead atoms. The van der Waals surface area contributed by atoms with Crippen molar-refractivity contribution in [1.82, 2.24) is 19.7 Å². The number of ether oxygens (including phenoxy) is 1. The molecule has 0 saturated heterocycles. The molecule has 2 heterocycles. The Hall–Kier alpha value is -2.81. The van der Waals surface area contributed by atoms with Crippen molar-refractivity contribution >= 4 is 22.4 Å². The number of hydrogen-bond donors (Lipinski definition) is 1. The van der Waals surface area contributed by atoms with Gasteiger partial charge in [0.1, 0.15) is 12.7 Å². The van der Waals surface area contributed by atoms with E-state index in [1.807, 2.05) is 0 Å². The molecule has 0 saturated carbocycles. The molecule has 124 valence electrons. The monoisotopic (exact) mass is 347 g/mol. The Morgan fingerprint density at radius 3 is 3.04 bits per heavy atom. The van der Waals surface area contributed by atoms with Crippen molar-refractivity contribution in [3.05, 3.63) is 42.1 Å².